The minimum atomic E-state index is -3.56. The maximum absolute atomic E-state index is 13.2. The van der Waals surface area contributed by atoms with Crippen LogP contribution in [0.1, 0.15) is 53.1 Å². The van der Waals surface area contributed by atoms with Gasteiger partial charge in [-0.2, -0.15) is 9.40 Å². The third kappa shape index (κ3) is 7.92. The van der Waals surface area contributed by atoms with Gasteiger partial charge >= 0.3 is 0 Å². The smallest absolute Gasteiger partial charge is 0.243 e. The second kappa shape index (κ2) is 15.4. The number of aryl methyl sites for hydroxylation is 1. The van der Waals surface area contributed by atoms with Crippen LogP contribution in [0.15, 0.2) is 71.6 Å². The number of aliphatic hydroxyl groups is 1. The summed E-state index contributed by atoms with van der Waals surface area (Å²) in [4.78, 5) is 4.34. The number of methoxy groups -OCH3 is 3. The first-order chi connectivity index (χ1) is 24.1. The standard InChI is InChI=1S/C37H47N5O7S/c1-39-17-19-42(20-18-39)50(44,45)31-15-9-26(10-16-31)25-49-34-8-6-7-29(36(34)48-5)24-41(23-28-13-14-30(46-3)21-35(28)47-4)37(43)33-22-32(27-11-12-27)38-40(33)2/h6-10,13-16,21-22,27,37,43H,11-12,17-20,23-25H2,1-5H3. The third-order valence-corrected chi connectivity index (χ3v) is 11.4. The molecule has 1 saturated carbocycles. The lowest BCUT2D eigenvalue weighted by molar-refractivity contribution is -0.0171. The third-order valence-electron chi connectivity index (χ3n) is 9.46. The molecule has 0 spiro atoms. The molecule has 2 heterocycles. The van der Waals surface area contributed by atoms with Crippen LogP contribution in [0.3, 0.4) is 0 Å². The van der Waals surface area contributed by atoms with Gasteiger partial charge in [-0.05, 0) is 55.8 Å². The van der Waals surface area contributed by atoms with Crippen molar-refractivity contribution in [2.24, 2.45) is 7.05 Å². The highest BCUT2D eigenvalue weighted by Gasteiger charge is 2.31. The summed E-state index contributed by atoms with van der Waals surface area (Å²) in [6, 6.07) is 20.2. The van der Waals surface area contributed by atoms with Crippen LogP contribution in [0.5, 0.6) is 23.0 Å². The molecule has 3 aromatic carbocycles. The molecule has 2 fully saturated rings. The van der Waals surface area contributed by atoms with Crippen molar-refractivity contribution in [2.45, 2.75) is 49.6 Å². The Morgan fingerprint density at radius 2 is 1.58 bits per heavy atom. The van der Waals surface area contributed by atoms with E-state index in [4.69, 9.17) is 24.0 Å². The van der Waals surface area contributed by atoms with Crippen LogP contribution >= 0.6 is 0 Å². The molecule has 13 heteroatoms. The van der Waals surface area contributed by atoms with E-state index in [1.165, 1.54) is 0 Å². The van der Waals surface area contributed by atoms with Crippen molar-refractivity contribution in [3.8, 4) is 23.0 Å². The first kappa shape index (κ1) is 35.7. The van der Waals surface area contributed by atoms with Gasteiger partial charge in [-0.1, -0.05) is 30.3 Å². The molecule has 268 valence electrons. The molecule has 0 radical (unpaired) electrons. The molecule has 1 saturated heterocycles. The van der Waals surface area contributed by atoms with Gasteiger partial charge in [-0.25, -0.2) is 8.42 Å². The zero-order valence-corrected chi connectivity index (χ0v) is 30.2. The summed E-state index contributed by atoms with van der Waals surface area (Å²) in [5, 5.41) is 16.6. The normalized spacial score (nSPS) is 16.4. The van der Waals surface area contributed by atoms with E-state index in [1.54, 1.807) is 54.6 Å². The molecule has 4 aromatic rings. The highest BCUT2D eigenvalue weighted by molar-refractivity contribution is 7.89. The number of benzene rings is 3. The van der Waals surface area contributed by atoms with Crippen molar-refractivity contribution in [1.82, 2.24) is 23.9 Å². The molecule has 2 aliphatic rings. The van der Waals surface area contributed by atoms with Gasteiger partial charge in [0, 0.05) is 69.4 Å². The molecule has 1 N–H and O–H groups in total. The predicted molar refractivity (Wildman–Crippen MR) is 189 cm³/mol. The van der Waals surface area contributed by atoms with E-state index in [0.29, 0.717) is 73.9 Å². The number of aromatic nitrogens is 2. The van der Waals surface area contributed by atoms with Crippen LogP contribution in [0.25, 0.3) is 0 Å². The first-order valence-corrected chi connectivity index (χ1v) is 18.3. The predicted octanol–water partition coefficient (Wildman–Crippen LogP) is 4.53. The lowest BCUT2D eigenvalue weighted by atomic mass is 10.1. The molecule has 1 unspecified atom stereocenters. The van der Waals surface area contributed by atoms with Crippen LogP contribution in [-0.4, -0.2) is 92.0 Å². The fourth-order valence-corrected chi connectivity index (χ4v) is 7.71. The summed E-state index contributed by atoms with van der Waals surface area (Å²) >= 11 is 0. The summed E-state index contributed by atoms with van der Waals surface area (Å²) in [5.74, 6) is 2.85. The van der Waals surface area contributed by atoms with E-state index in [1.807, 2.05) is 61.5 Å². The zero-order chi connectivity index (χ0) is 35.4. The second-order valence-electron chi connectivity index (χ2n) is 12.9. The zero-order valence-electron chi connectivity index (χ0n) is 29.4. The van der Waals surface area contributed by atoms with Crippen molar-refractivity contribution in [2.75, 3.05) is 54.6 Å². The quantitative estimate of drug-likeness (QED) is 0.177. The molecule has 1 aliphatic heterocycles. The largest absolute Gasteiger partial charge is 0.497 e. The molecule has 12 nitrogen and oxygen atoms in total. The Labute approximate surface area is 294 Å². The Morgan fingerprint density at radius 3 is 2.24 bits per heavy atom. The minimum Gasteiger partial charge on any atom is -0.497 e. The first-order valence-electron chi connectivity index (χ1n) is 16.8. The molecule has 0 bridgehead atoms. The number of piperazine rings is 1. The topological polar surface area (TPSA) is 119 Å². The van der Waals surface area contributed by atoms with Gasteiger partial charge in [0.1, 0.15) is 18.1 Å². The monoisotopic (exact) mass is 705 g/mol. The molecule has 6 rings (SSSR count). The fourth-order valence-electron chi connectivity index (χ4n) is 6.29. The number of likely N-dealkylation sites (N-methyl/N-ethyl adjacent to an activating group) is 1. The summed E-state index contributed by atoms with van der Waals surface area (Å²) in [5.41, 5.74) is 4.21. The molecular formula is C37H47N5O7S. The Hall–Kier alpha value is -4.14. The maximum Gasteiger partial charge on any atom is 0.243 e. The van der Waals surface area contributed by atoms with E-state index < -0.39 is 16.3 Å². The number of para-hydroxylation sites is 1. The van der Waals surface area contributed by atoms with Gasteiger partial charge < -0.3 is 29.0 Å². The lowest BCUT2D eigenvalue weighted by Gasteiger charge is -2.31. The Morgan fingerprint density at radius 1 is 0.860 bits per heavy atom. The van der Waals surface area contributed by atoms with Gasteiger partial charge in [0.2, 0.25) is 10.0 Å². The molecule has 1 atom stereocenters. The molecule has 1 aliphatic carbocycles. The highest BCUT2D eigenvalue weighted by Crippen LogP contribution is 2.41. The van der Waals surface area contributed by atoms with Gasteiger partial charge in [0.25, 0.3) is 0 Å². The fraction of sp³-hybridized carbons (Fsp3) is 0.432. The Kier molecular flexibility index (Phi) is 11.0. The molecule has 1 aromatic heterocycles. The van der Waals surface area contributed by atoms with Crippen LogP contribution < -0.4 is 18.9 Å². The van der Waals surface area contributed by atoms with Crippen LogP contribution in [-0.2, 0) is 36.8 Å². The van der Waals surface area contributed by atoms with Crippen LogP contribution in [0, 0.1) is 0 Å². The number of hydrogen-bond acceptors (Lipinski definition) is 10. The number of hydrogen-bond donors (Lipinski definition) is 1. The minimum absolute atomic E-state index is 0.211. The average molecular weight is 706 g/mol. The van der Waals surface area contributed by atoms with E-state index in [9.17, 15) is 13.5 Å². The van der Waals surface area contributed by atoms with Crippen molar-refractivity contribution in [1.29, 1.82) is 0 Å². The van der Waals surface area contributed by atoms with Crippen LogP contribution in [0.2, 0.25) is 0 Å². The summed E-state index contributed by atoms with van der Waals surface area (Å²) in [6.07, 6.45) is 1.24. The summed E-state index contributed by atoms with van der Waals surface area (Å²) in [6.45, 7) is 3.27. The molecular weight excluding hydrogens is 659 g/mol. The molecule has 50 heavy (non-hydrogen) atoms. The van der Waals surface area contributed by atoms with Crippen molar-refractivity contribution in [3.05, 3.63) is 94.8 Å². The van der Waals surface area contributed by atoms with E-state index >= 15 is 0 Å². The number of sulfonamides is 1. The maximum atomic E-state index is 13.2. The lowest BCUT2D eigenvalue weighted by Crippen LogP contribution is -2.46. The van der Waals surface area contributed by atoms with E-state index in [-0.39, 0.29) is 11.5 Å². The van der Waals surface area contributed by atoms with Crippen molar-refractivity contribution < 1.29 is 32.5 Å². The Balaban J connectivity index is 1.22. The van der Waals surface area contributed by atoms with Crippen molar-refractivity contribution in [3.63, 3.8) is 0 Å². The highest BCUT2D eigenvalue weighted by atomic mass is 32.2. The van der Waals surface area contributed by atoms with Crippen LogP contribution in [0.4, 0.5) is 0 Å². The number of rotatable bonds is 15. The Bertz CT molecular complexity index is 1870. The van der Waals surface area contributed by atoms with Gasteiger partial charge in [0.05, 0.1) is 37.6 Å². The summed E-state index contributed by atoms with van der Waals surface area (Å²) in [7, 11) is 5.13. The summed E-state index contributed by atoms with van der Waals surface area (Å²) < 4.78 is 52.9. The van der Waals surface area contributed by atoms with Gasteiger partial charge in [-0.15, -0.1) is 0 Å². The van der Waals surface area contributed by atoms with E-state index in [0.717, 1.165) is 35.2 Å². The number of nitrogens with zero attached hydrogens (tertiary/aromatic N) is 5. The SMILES string of the molecule is COc1ccc(CN(Cc2cccc(OCc3ccc(S(=O)(=O)N4CCN(C)CC4)cc3)c2OC)C(O)c2cc(C3CC3)nn2C)c(OC)c1. The van der Waals surface area contributed by atoms with Gasteiger partial charge in [0.15, 0.2) is 17.7 Å². The molecule has 0 amide bonds. The number of ether oxygens (including phenoxy) is 4. The number of aliphatic hydroxyl groups excluding tert-OH is 1. The second-order valence-corrected chi connectivity index (χ2v) is 14.9. The average Bonchev–Trinajstić information content (AvgIpc) is 3.91. The van der Waals surface area contributed by atoms with Gasteiger partial charge in [-0.3, -0.25) is 9.58 Å². The van der Waals surface area contributed by atoms with Crippen molar-refractivity contribution >= 4 is 10.0 Å². The van der Waals surface area contributed by atoms with E-state index in [2.05, 4.69) is 4.90 Å².